The molecule has 0 atom stereocenters. The lowest BCUT2D eigenvalue weighted by molar-refractivity contribution is -0.147. The van der Waals surface area contributed by atoms with Crippen molar-refractivity contribution in [2.24, 2.45) is 0 Å². The largest absolute Gasteiger partial charge is 0.463 e. The van der Waals surface area contributed by atoms with Crippen LogP contribution < -0.4 is 0 Å². The Bertz CT molecular complexity index is 302. The van der Waals surface area contributed by atoms with E-state index in [1.54, 1.807) is 0 Å². The molecule has 4 nitrogen and oxygen atoms in total. The molecule has 0 aromatic carbocycles. The fourth-order valence-corrected chi connectivity index (χ4v) is 1.25. The van der Waals surface area contributed by atoms with Crippen LogP contribution in [0.15, 0.2) is 24.5 Å². The summed E-state index contributed by atoms with van der Waals surface area (Å²) < 4.78 is 8.70. The Morgan fingerprint density at radius 3 is 1.89 bits per heavy atom. The van der Waals surface area contributed by atoms with Crippen molar-refractivity contribution in [2.75, 3.05) is 7.11 Å². The summed E-state index contributed by atoms with van der Waals surface area (Å²) in [6.45, 7) is 7.98. The SMILES string of the molecule is C=C(C)C(=O)OC(=C)C(=O)OC.[CH]1CCCCC1. The molecule has 1 rings (SSSR count). The molecule has 4 heteroatoms. The van der Waals surface area contributed by atoms with Crippen molar-refractivity contribution in [3.8, 4) is 0 Å². The van der Waals surface area contributed by atoms with Gasteiger partial charge in [0.25, 0.3) is 0 Å². The smallest absolute Gasteiger partial charge is 0.373 e. The van der Waals surface area contributed by atoms with Crippen molar-refractivity contribution < 1.29 is 19.1 Å². The van der Waals surface area contributed by atoms with E-state index in [2.05, 4.69) is 29.1 Å². The third-order valence-electron chi connectivity index (χ3n) is 2.29. The van der Waals surface area contributed by atoms with Gasteiger partial charge in [0.2, 0.25) is 5.76 Å². The molecule has 0 saturated heterocycles. The van der Waals surface area contributed by atoms with Crippen LogP contribution in [0.5, 0.6) is 0 Å². The van der Waals surface area contributed by atoms with Gasteiger partial charge in [0.1, 0.15) is 0 Å². The molecule has 0 aromatic rings. The van der Waals surface area contributed by atoms with E-state index in [1.807, 2.05) is 0 Å². The number of rotatable bonds is 3. The molecule has 0 aromatic heterocycles. The van der Waals surface area contributed by atoms with Gasteiger partial charge in [-0.2, -0.15) is 0 Å². The molecule has 18 heavy (non-hydrogen) atoms. The minimum absolute atomic E-state index is 0.194. The maximum atomic E-state index is 10.8. The first kappa shape index (κ1) is 16.4. The van der Waals surface area contributed by atoms with E-state index in [-0.39, 0.29) is 11.3 Å². The second-order valence-corrected chi connectivity index (χ2v) is 4.01. The van der Waals surface area contributed by atoms with Crippen molar-refractivity contribution in [3.63, 3.8) is 0 Å². The van der Waals surface area contributed by atoms with Gasteiger partial charge in [-0.1, -0.05) is 38.7 Å². The fraction of sp³-hybridized carbons (Fsp3) is 0.500. The van der Waals surface area contributed by atoms with Crippen LogP contribution in [0.4, 0.5) is 0 Å². The molecule has 101 valence electrons. The summed E-state index contributed by atoms with van der Waals surface area (Å²) in [6, 6.07) is 0. The Morgan fingerprint density at radius 1 is 1.06 bits per heavy atom. The third-order valence-corrected chi connectivity index (χ3v) is 2.29. The molecule has 0 spiro atoms. The number of hydrogen-bond donors (Lipinski definition) is 0. The van der Waals surface area contributed by atoms with Crippen LogP contribution in [0.25, 0.3) is 0 Å². The first-order chi connectivity index (χ1) is 8.49. The van der Waals surface area contributed by atoms with E-state index in [0.717, 1.165) is 0 Å². The summed E-state index contributed by atoms with van der Waals surface area (Å²) in [5.41, 5.74) is 0.194. The Morgan fingerprint density at radius 2 is 1.61 bits per heavy atom. The van der Waals surface area contributed by atoms with Gasteiger partial charge >= 0.3 is 11.9 Å². The highest BCUT2D eigenvalue weighted by Gasteiger charge is 2.13. The lowest BCUT2D eigenvalue weighted by Gasteiger charge is -2.05. The summed E-state index contributed by atoms with van der Waals surface area (Å²) in [4.78, 5) is 21.4. The van der Waals surface area contributed by atoms with Crippen LogP contribution >= 0.6 is 0 Å². The Kier molecular flexibility index (Phi) is 8.62. The van der Waals surface area contributed by atoms with Gasteiger partial charge in [-0.25, -0.2) is 9.59 Å². The van der Waals surface area contributed by atoms with Gasteiger partial charge in [-0.05, 0) is 19.9 Å². The molecule has 1 aliphatic carbocycles. The molecule has 0 bridgehead atoms. The number of ether oxygens (including phenoxy) is 2. The van der Waals surface area contributed by atoms with Gasteiger partial charge in [0.15, 0.2) is 0 Å². The summed E-state index contributed by atoms with van der Waals surface area (Å²) >= 11 is 0. The quantitative estimate of drug-likeness (QED) is 0.441. The molecule has 1 fully saturated rings. The van der Waals surface area contributed by atoms with Crippen LogP contribution in [0.3, 0.4) is 0 Å². The van der Waals surface area contributed by atoms with Crippen LogP contribution in [0, 0.1) is 6.42 Å². The van der Waals surface area contributed by atoms with E-state index in [9.17, 15) is 9.59 Å². The number of carbonyl (C=O) groups is 2. The molecule has 1 radical (unpaired) electrons. The zero-order valence-corrected chi connectivity index (χ0v) is 11.2. The van der Waals surface area contributed by atoms with Crippen molar-refractivity contribution in [1.29, 1.82) is 0 Å². The van der Waals surface area contributed by atoms with Crippen LogP contribution in [-0.2, 0) is 19.1 Å². The molecule has 1 aliphatic rings. The zero-order valence-electron chi connectivity index (χ0n) is 11.2. The third kappa shape index (κ3) is 7.65. The van der Waals surface area contributed by atoms with Crippen molar-refractivity contribution in [3.05, 3.63) is 30.9 Å². The maximum Gasteiger partial charge on any atom is 0.373 e. The van der Waals surface area contributed by atoms with Crippen LogP contribution in [-0.4, -0.2) is 19.0 Å². The second-order valence-electron chi connectivity index (χ2n) is 4.01. The molecule has 0 amide bonds. The number of methoxy groups -OCH3 is 1. The molecule has 1 saturated carbocycles. The standard InChI is InChI=1S/C8H10O4.C6H11/c1-5(2)7(9)12-6(3)8(10)11-4;1-2-4-6-5-3-1/h1,3H2,2,4H3;1H,2-6H2. The monoisotopic (exact) mass is 253 g/mol. The molecule has 0 N–H and O–H groups in total. The Balaban J connectivity index is 0.000000397. The van der Waals surface area contributed by atoms with Gasteiger partial charge < -0.3 is 9.47 Å². The molecular formula is C14H21O4. The van der Waals surface area contributed by atoms with E-state index in [4.69, 9.17) is 0 Å². The molecule has 0 heterocycles. The van der Waals surface area contributed by atoms with Crippen LogP contribution in [0.2, 0.25) is 0 Å². The highest BCUT2D eigenvalue weighted by atomic mass is 16.6. The Labute approximate surface area is 109 Å². The average molecular weight is 253 g/mol. The maximum absolute atomic E-state index is 10.8. The van der Waals surface area contributed by atoms with Crippen molar-refractivity contribution in [1.82, 2.24) is 0 Å². The van der Waals surface area contributed by atoms with Crippen molar-refractivity contribution >= 4 is 11.9 Å². The highest BCUT2D eigenvalue weighted by Crippen LogP contribution is 2.14. The first-order valence-electron chi connectivity index (χ1n) is 5.95. The average Bonchev–Trinajstić information content (AvgIpc) is 2.40. The predicted molar refractivity (Wildman–Crippen MR) is 69.4 cm³/mol. The normalized spacial score (nSPS) is 13.7. The van der Waals surface area contributed by atoms with Gasteiger partial charge in [0, 0.05) is 5.57 Å². The minimum Gasteiger partial charge on any atom is -0.463 e. The number of hydrogen-bond acceptors (Lipinski definition) is 4. The summed E-state index contributed by atoms with van der Waals surface area (Å²) in [5.74, 6) is -1.81. The van der Waals surface area contributed by atoms with Gasteiger partial charge in [0.05, 0.1) is 7.11 Å². The fourth-order valence-electron chi connectivity index (χ4n) is 1.25. The molecule has 0 unspecified atom stereocenters. The summed E-state index contributed by atoms with van der Waals surface area (Å²) in [6.07, 6.45) is 9.50. The minimum atomic E-state index is -0.774. The van der Waals surface area contributed by atoms with E-state index in [1.165, 1.54) is 46.1 Å². The number of carbonyl (C=O) groups excluding carboxylic acids is 2. The van der Waals surface area contributed by atoms with E-state index < -0.39 is 11.9 Å². The summed E-state index contributed by atoms with van der Waals surface area (Å²) in [7, 11) is 1.17. The van der Waals surface area contributed by atoms with E-state index in [0.29, 0.717) is 0 Å². The van der Waals surface area contributed by atoms with Gasteiger partial charge in [-0.15, -0.1) is 0 Å². The molecular weight excluding hydrogens is 232 g/mol. The Hall–Kier alpha value is -1.58. The second kappa shape index (κ2) is 9.45. The zero-order chi connectivity index (χ0) is 14.0. The van der Waals surface area contributed by atoms with E-state index >= 15 is 0 Å². The summed E-state index contributed by atoms with van der Waals surface area (Å²) in [5, 5.41) is 0. The highest BCUT2D eigenvalue weighted by molar-refractivity contribution is 5.93. The predicted octanol–water partition coefficient (Wildman–Crippen LogP) is 2.95. The first-order valence-corrected chi connectivity index (χ1v) is 5.95. The van der Waals surface area contributed by atoms with Crippen LogP contribution in [0.1, 0.15) is 39.0 Å². The van der Waals surface area contributed by atoms with Crippen molar-refractivity contribution in [2.45, 2.75) is 39.0 Å². The topological polar surface area (TPSA) is 52.6 Å². The molecule has 0 aliphatic heterocycles. The van der Waals surface area contributed by atoms with Gasteiger partial charge in [-0.3, -0.25) is 0 Å². The lowest BCUT2D eigenvalue weighted by atomic mass is 10.0. The lowest BCUT2D eigenvalue weighted by Crippen LogP contribution is -2.12. The number of esters is 2.